The fourth-order valence-electron chi connectivity index (χ4n) is 3.28. The number of amides is 2. The average Bonchev–Trinajstić information content (AvgIpc) is 3.21. The summed E-state index contributed by atoms with van der Waals surface area (Å²) in [5.41, 5.74) is 1.36. The zero-order valence-electron chi connectivity index (χ0n) is 18.2. The number of guanidine groups is 1. The van der Waals surface area contributed by atoms with Crippen molar-refractivity contribution in [3.8, 4) is 5.75 Å². The van der Waals surface area contributed by atoms with Crippen molar-refractivity contribution in [2.24, 2.45) is 12.0 Å². The van der Waals surface area contributed by atoms with Gasteiger partial charge in [-0.2, -0.15) is 5.10 Å². The number of anilines is 1. The van der Waals surface area contributed by atoms with Gasteiger partial charge in [0.15, 0.2) is 5.96 Å². The molecule has 0 saturated carbocycles. The van der Waals surface area contributed by atoms with Gasteiger partial charge in [-0.25, -0.2) is 0 Å². The number of nitrogens with one attached hydrogen (secondary N) is 2. The van der Waals surface area contributed by atoms with Crippen LogP contribution in [0.4, 0.5) is 5.69 Å². The molecule has 3 rings (SSSR count). The minimum absolute atomic E-state index is 0.00217. The predicted octanol–water partition coefficient (Wildman–Crippen LogP) is 0.473. The molecule has 31 heavy (non-hydrogen) atoms. The first-order valence-electron chi connectivity index (χ1n) is 10.3. The smallest absolute Gasteiger partial charge is 0.251 e. The van der Waals surface area contributed by atoms with Gasteiger partial charge < -0.3 is 25.2 Å². The number of piperazine rings is 1. The van der Waals surface area contributed by atoms with Crippen LogP contribution in [0.5, 0.6) is 5.75 Å². The molecule has 1 aliphatic rings. The summed E-state index contributed by atoms with van der Waals surface area (Å²) in [6.07, 6.45) is 3.52. The van der Waals surface area contributed by atoms with Crippen LogP contribution in [0.15, 0.2) is 41.7 Å². The normalized spacial score (nSPS) is 14.5. The number of aryl methyl sites for hydroxylation is 1. The van der Waals surface area contributed by atoms with E-state index in [1.807, 2.05) is 25.1 Å². The number of rotatable bonds is 7. The molecule has 1 saturated heterocycles. The third-order valence-electron chi connectivity index (χ3n) is 4.87. The topological polar surface area (TPSA) is 104 Å². The van der Waals surface area contributed by atoms with Gasteiger partial charge in [-0.1, -0.05) is 0 Å². The first kappa shape index (κ1) is 22.1. The van der Waals surface area contributed by atoms with Crippen molar-refractivity contribution in [1.29, 1.82) is 0 Å². The molecule has 0 bridgehead atoms. The van der Waals surface area contributed by atoms with Crippen molar-refractivity contribution in [2.45, 2.75) is 6.92 Å². The van der Waals surface area contributed by atoms with E-state index in [9.17, 15) is 9.59 Å². The standard InChI is InChI=1S/C21H29N7O3/c1-4-22-21(24-10-9-23-20(30)16-5-7-18(31-3)8-6-16)27-11-12-28(19(29)15-27)17-13-25-26(2)14-17/h5-8,13-14H,4,9-12,15H2,1-3H3,(H,22,24)(H,23,30). The lowest BCUT2D eigenvalue weighted by Crippen LogP contribution is -2.55. The maximum absolute atomic E-state index is 12.6. The van der Waals surface area contributed by atoms with E-state index in [4.69, 9.17) is 4.74 Å². The Morgan fingerprint density at radius 3 is 2.61 bits per heavy atom. The Hall–Kier alpha value is -3.56. The third kappa shape index (κ3) is 5.74. The minimum atomic E-state index is -0.164. The van der Waals surface area contributed by atoms with Gasteiger partial charge in [0.2, 0.25) is 5.91 Å². The van der Waals surface area contributed by atoms with Crippen molar-refractivity contribution in [1.82, 2.24) is 25.3 Å². The summed E-state index contributed by atoms with van der Waals surface area (Å²) in [5.74, 6) is 1.20. The Morgan fingerprint density at radius 2 is 2.00 bits per heavy atom. The Balaban J connectivity index is 1.52. The number of carbonyl (C=O) groups excluding carboxylic acids is 2. The van der Waals surface area contributed by atoms with E-state index in [2.05, 4.69) is 20.7 Å². The summed E-state index contributed by atoms with van der Waals surface area (Å²) < 4.78 is 6.78. The summed E-state index contributed by atoms with van der Waals surface area (Å²) in [4.78, 5) is 33.1. The van der Waals surface area contributed by atoms with Crippen LogP contribution in [-0.2, 0) is 11.8 Å². The van der Waals surface area contributed by atoms with Crippen LogP contribution in [0.25, 0.3) is 0 Å². The highest BCUT2D eigenvalue weighted by Crippen LogP contribution is 2.16. The van der Waals surface area contributed by atoms with E-state index < -0.39 is 0 Å². The largest absolute Gasteiger partial charge is 0.497 e. The Bertz CT molecular complexity index is 923. The highest BCUT2D eigenvalue weighted by molar-refractivity contribution is 5.98. The van der Waals surface area contributed by atoms with Crippen molar-refractivity contribution in [2.75, 3.05) is 51.3 Å². The number of ether oxygens (including phenoxy) is 1. The van der Waals surface area contributed by atoms with Crippen molar-refractivity contribution in [3.63, 3.8) is 0 Å². The number of hydrogen-bond acceptors (Lipinski definition) is 5. The molecular weight excluding hydrogens is 398 g/mol. The number of methoxy groups -OCH3 is 1. The van der Waals surface area contributed by atoms with Gasteiger partial charge in [-0.15, -0.1) is 0 Å². The molecule has 10 heteroatoms. The zero-order chi connectivity index (χ0) is 22.2. The maximum atomic E-state index is 12.6. The minimum Gasteiger partial charge on any atom is -0.497 e. The van der Waals surface area contributed by atoms with E-state index in [-0.39, 0.29) is 18.4 Å². The molecule has 166 valence electrons. The van der Waals surface area contributed by atoms with Crippen LogP contribution >= 0.6 is 0 Å². The number of carbonyl (C=O) groups is 2. The summed E-state index contributed by atoms with van der Waals surface area (Å²) in [6.45, 7) is 4.92. The Labute approximate surface area is 181 Å². The van der Waals surface area contributed by atoms with E-state index in [1.54, 1.807) is 47.2 Å². The molecule has 1 fully saturated rings. The van der Waals surface area contributed by atoms with Gasteiger partial charge in [0, 0.05) is 45.0 Å². The predicted molar refractivity (Wildman–Crippen MR) is 118 cm³/mol. The van der Waals surface area contributed by atoms with E-state index >= 15 is 0 Å². The molecule has 2 aromatic rings. The molecule has 0 spiro atoms. The lowest BCUT2D eigenvalue weighted by atomic mass is 10.2. The molecule has 2 N–H and O–H groups in total. The SMILES string of the molecule is CCNC(=NCCNC(=O)c1ccc(OC)cc1)N1CCN(c2cnn(C)c2)C(=O)C1. The van der Waals surface area contributed by atoms with Crippen LogP contribution in [0.2, 0.25) is 0 Å². The van der Waals surface area contributed by atoms with Gasteiger partial charge in [-0.05, 0) is 31.2 Å². The number of hydrogen-bond donors (Lipinski definition) is 2. The van der Waals surface area contributed by atoms with Crippen LogP contribution < -0.4 is 20.3 Å². The first-order valence-corrected chi connectivity index (χ1v) is 10.3. The fourth-order valence-corrected chi connectivity index (χ4v) is 3.28. The third-order valence-corrected chi connectivity index (χ3v) is 4.87. The lowest BCUT2D eigenvalue weighted by molar-refractivity contribution is -0.120. The molecule has 2 heterocycles. The van der Waals surface area contributed by atoms with Crippen LogP contribution in [-0.4, -0.2) is 78.8 Å². The monoisotopic (exact) mass is 427 g/mol. The van der Waals surface area contributed by atoms with Gasteiger partial charge in [0.05, 0.1) is 25.5 Å². The lowest BCUT2D eigenvalue weighted by Gasteiger charge is -2.35. The number of benzene rings is 1. The van der Waals surface area contributed by atoms with E-state index in [0.717, 1.165) is 5.69 Å². The average molecular weight is 428 g/mol. The summed E-state index contributed by atoms with van der Waals surface area (Å²) in [6, 6.07) is 6.93. The second-order valence-corrected chi connectivity index (χ2v) is 7.06. The quantitative estimate of drug-likeness (QED) is 0.378. The molecule has 0 radical (unpaired) electrons. The molecular formula is C21H29N7O3. The van der Waals surface area contributed by atoms with Gasteiger partial charge in [0.1, 0.15) is 12.3 Å². The molecule has 0 aliphatic carbocycles. The van der Waals surface area contributed by atoms with Crippen molar-refractivity contribution >= 4 is 23.5 Å². The fraction of sp³-hybridized carbons (Fsp3) is 0.429. The molecule has 1 aromatic heterocycles. The first-order chi connectivity index (χ1) is 15.0. The Morgan fingerprint density at radius 1 is 1.23 bits per heavy atom. The summed E-state index contributed by atoms with van der Waals surface area (Å²) in [7, 11) is 3.41. The molecule has 0 unspecified atom stereocenters. The molecule has 1 aliphatic heterocycles. The van der Waals surface area contributed by atoms with Gasteiger partial charge in [-0.3, -0.25) is 19.3 Å². The zero-order valence-corrected chi connectivity index (χ0v) is 18.2. The van der Waals surface area contributed by atoms with Crippen LogP contribution in [0.1, 0.15) is 17.3 Å². The van der Waals surface area contributed by atoms with Gasteiger partial charge >= 0.3 is 0 Å². The molecule has 1 aromatic carbocycles. The van der Waals surface area contributed by atoms with Crippen LogP contribution in [0, 0.1) is 0 Å². The van der Waals surface area contributed by atoms with Crippen molar-refractivity contribution < 1.29 is 14.3 Å². The second-order valence-electron chi connectivity index (χ2n) is 7.06. The van der Waals surface area contributed by atoms with E-state index in [0.29, 0.717) is 50.0 Å². The van der Waals surface area contributed by atoms with E-state index in [1.165, 1.54) is 0 Å². The highest BCUT2D eigenvalue weighted by Gasteiger charge is 2.27. The number of aromatic nitrogens is 2. The molecule has 2 amide bonds. The van der Waals surface area contributed by atoms with Crippen LogP contribution in [0.3, 0.4) is 0 Å². The Kier molecular flexibility index (Phi) is 7.47. The summed E-state index contributed by atoms with van der Waals surface area (Å²) >= 11 is 0. The van der Waals surface area contributed by atoms with Crippen molar-refractivity contribution in [3.05, 3.63) is 42.2 Å². The summed E-state index contributed by atoms with van der Waals surface area (Å²) in [5, 5.41) is 10.2. The second kappa shape index (κ2) is 10.5. The van der Waals surface area contributed by atoms with Gasteiger partial charge in [0.25, 0.3) is 5.91 Å². The maximum Gasteiger partial charge on any atom is 0.251 e. The highest BCUT2D eigenvalue weighted by atomic mass is 16.5. The number of aliphatic imine (C=N–C) groups is 1. The number of nitrogens with zero attached hydrogens (tertiary/aromatic N) is 5. The molecule has 10 nitrogen and oxygen atoms in total. The molecule has 0 atom stereocenters.